The third-order valence-corrected chi connectivity index (χ3v) is 7.12. The number of nitrogens with one attached hydrogen (secondary N) is 2. The second-order valence-corrected chi connectivity index (χ2v) is 12.7. The van der Waals surface area contributed by atoms with E-state index < -0.39 is 50.5 Å². The van der Waals surface area contributed by atoms with E-state index in [1.807, 2.05) is 4.90 Å². The zero-order chi connectivity index (χ0) is 32.4. The van der Waals surface area contributed by atoms with Gasteiger partial charge in [0.2, 0.25) is 21.9 Å². The van der Waals surface area contributed by atoms with Gasteiger partial charge in [-0.2, -0.15) is 18.2 Å². The van der Waals surface area contributed by atoms with Gasteiger partial charge in [0.05, 0.1) is 30.4 Å². The molecule has 0 spiro atoms. The Kier molecular flexibility index (Phi) is 9.25. The van der Waals surface area contributed by atoms with E-state index >= 15 is 4.39 Å². The standard InChI is InChI=1S/C28H32F4N6O5S/c1-27(2,3)17-14-20(36-44(5,40)41)24(42-4)21(15-17)38(25(39)28(30,31)32)18-6-7-19(29)22(16-18)43-23-8-9-34-26(35-23)37-12-10-33-11-13-37/h6-9,14-16,33,36H,10-13H2,1-5H3. The van der Waals surface area contributed by atoms with Crippen molar-refractivity contribution in [3.05, 3.63) is 54.0 Å². The van der Waals surface area contributed by atoms with Crippen molar-refractivity contribution in [3.8, 4) is 17.4 Å². The molecular weight excluding hydrogens is 608 g/mol. The number of sulfonamides is 1. The molecule has 2 aromatic carbocycles. The average Bonchev–Trinajstić information content (AvgIpc) is 2.93. The highest BCUT2D eigenvalue weighted by Crippen LogP contribution is 2.45. The number of carbonyl (C=O) groups is 1. The lowest BCUT2D eigenvalue weighted by Crippen LogP contribution is -2.44. The number of hydrogen-bond acceptors (Lipinski definition) is 9. The van der Waals surface area contributed by atoms with E-state index in [4.69, 9.17) is 9.47 Å². The highest BCUT2D eigenvalue weighted by atomic mass is 32.2. The lowest BCUT2D eigenvalue weighted by Gasteiger charge is -2.30. The predicted molar refractivity (Wildman–Crippen MR) is 157 cm³/mol. The number of piperazine rings is 1. The first kappa shape index (κ1) is 32.7. The Bertz CT molecular complexity index is 1640. The molecule has 238 valence electrons. The molecule has 0 saturated carbocycles. The Labute approximate surface area is 252 Å². The Morgan fingerprint density at radius 1 is 1.09 bits per heavy atom. The minimum atomic E-state index is -5.40. The van der Waals surface area contributed by atoms with E-state index in [-0.39, 0.29) is 22.2 Å². The lowest BCUT2D eigenvalue weighted by molar-refractivity contribution is -0.169. The molecule has 3 aromatic rings. The molecule has 1 fully saturated rings. The summed E-state index contributed by atoms with van der Waals surface area (Å²) in [4.78, 5) is 23.7. The van der Waals surface area contributed by atoms with Gasteiger partial charge in [-0.25, -0.2) is 17.8 Å². The number of rotatable bonds is 8. The molecule has 2 N–H and O–H groups in total. The number of alkyl halides is 3. The maximum atomic E-state index is 15.0. The molecule has 4 rings (SSSR count). The van der Waals surface area contributed by atoms with Crippen LogP contribution in [0.2, 0.25) is 0 Å². The molecule has 0 aliphatic carbocycles. The molecule has 16 heteroatoms. The number of benzene rings is 2. The molecule has 0 bridgehead atoms. The number of ether oxygens (including phenoxy) is 2. The highest BCUT2D eigenvalue weighted by molar-refractivity contribution is 7.92. The van der Waals surface area contributed by atoms with E-state index in [9.17, 15) is 26.4 Å². The monoisotopic (exact) mass is 640 g/mol. The van der Waals surface area contributed by atoms with Gasteiger partial charge < -0.3 is 19.7 Å². The fraction of sp³-hybridized carbons (Fsp3) is 0.393. The molecule has 1 amide bonds. The fourth-order valence-corrected chi connectivity index (χ4v) is 4.97. The van der Waals surface area contributed by atoms with Gasteiger partial charge in [0.1, 0.15) is 0 Å². The molecular formula is C28H32F4N6O5S. The Balaban J connectivity index is 1.87. The topological polar surface area (TPSA) is 126 Å². The SMILES string of the molecule is COc1c(NS(C)(=O)=O)cc(C(C)(C)C)cc1N(C(=O)C(F)(F)F)c1ccc(F)c(Oc2ccnc(N3CCNCC3)n2)c1. The number of anilines is 4. The predicted octanol–water partition coefficient (Wildman–Crippen LogP) is 4.72. The number of methoxy groups -OCH3 is 1. The summed E-state index contributed by atoms with van der Waals surface area (Å²) in [7, 11) is -2.82. The van der Waals surface area contributed by atoms with Crippen LogP contribution >= 0.6 is 0 Å². The summed E-state index contributed by atoms with van der Waals surface area (Å²) < 4.78 is 94.8. The van der Waals surface area contributed by atoms with Crippen LogP contribution in [0.1, 0.15) is 26.3 Å². The molecule has 2 heterocycles. The van der Waals surface area contributed by atoms with Gasteiger partial charge >= 0.3 is 12.1 Å². The van der Waals surface area contributed by atoms with Gasteiger partial charge in [-0.05, 0) is 35.2 Å². The van der Waals surface area contributed by atoms with Crippen LogP contribution in [0.3, 0.4) is 0 Å². The van der Waals surface area contributed by atoms with Gasteiger partial charge in [0.25, 0.3) is 0 Å². The van der Waals surface area contributed by atoms with Crippen LogP contribution in [-0.4, -0.2) is 70.0 Å². The van der Waals surface area contributed by atoms with Crippen molar-refractivity contribution in [2.24, 2.45) is 0 Å². The van der Waals surface area contributed by atoms with Crippen molar-refractivity contribution in [2.45, 2.75) is 32.4 Å². The van der Waals surface area contributed by atoms with Crippen LogP contribution < -0.4 is 29.3 Å². The summed E-state index contributed by atoms with van der Waals surface area (Å²) in [6.45, 7) is 7.89. The second kappa shape index (κ2) is 12.4. The van der Waals surface area contributed by atoms with E-state index in [2.05, 4.69) is 20.0 Å². The van der Waals surface area contributed by atoms with Crippen molar-refractivity contribution in [1.82, 2.24) is 15.3 Å². The van der Waals surface area contributed by atoms with Crippen LogP contribution in [0.25, 0.3) is 0 Å². The van der Waals surface area contributed by atoms with E-state index in [1.165, 1.54) is 24.4 Å². The minimum Gasteiger partial charge on any atom is -0.492 e. The number of aromatic nitrogens is 2. The van der Waals surface area contributed by atoms with Crippen molar-refractivity contribution in [1.29, 1.82) is 0 Å². The largest absolute Gasteiger partial charge is 0.492 e. The summed E-state index contributed by atoms with van der Waals surface area (Å²) >= 11 is 0. The fourth-order valence-electron chi connectivity index (χ4n) is 4.42. The molecule has 1 aromatic heterocycles. The smallest absolute Gasteiger partial charge is 0.472 e. The van der Waals surface area contributed by atoms with E-state index in [0.29, 0.717) is 37.7 Å². The normalized spacial score (nSPS) is 14.2. The van der Waals surface area contributed by atoms with Crippen LogP contribution in [0, 0.1) is 5.82 Å². The number of hydrogen-bond donors (Lipinski definition) is 2. The van der Waals surface area contributed by atoms with Crippen molar-refractivity contribution in [2.75, 3.05) is 54.1 Å². The molecule has 44 heavy (non-hydrogen) atoms. The van der Waals surface area contributed by atoms with Crippen LogP contribution in [-0.2, 0) is 20.2 Å². The first-order valence-corrected chi connectivity index (χ1v) is 15.2. The zero-order valence-electron chi connectivity index (χ0n) is 24.6. The quantitative estimate of drug-likeness (QED) is 0.337. The van der Waals surface area contributed by atoms with Crippen molar-refractivity contribution < 1.29 is 40.2 Å². The van der Waals surface area contributed by atoms with Crippen molar-refractivity contribution in [3.63, 3.8) is 0 Å². The van der Waals surface area contributed by atoms with Gasteiger partial charge in [0.15, 0.2) is 17.3 Å². The first-order chi connectivity index (χ1) is 20.5. The van der Waals surface area contributed by atoms with Gasteiger partial charge in [-0.15, -0.1) is 0 Å². The van der Waals surface area contributed by atoms with E-state index in [0.717, 1.165) is 31.6 Å². The molecule has 11 nitrogen and oxygen atoms in total. The zero-order valence-corrected chi connectivity index (χ0v) is 25.4. The third-order valence-electron chi connectivity index (χ3n) is 6.53. The molecule has 0 atom stereocenters. The number of carbonyl (C=O) groups excluding carboxylic acids is 1. The van der Waals surface area contributed by atoms with Crippen LogP contribution in [0.15, 0.2) is 42.6 Å². The van der Waals surface area contributed by atoms with Gasteiger partial charge in [-0.3, -0.25) is 14.4 Å². The second-order valence-electron chi connectivity index (χ2n) is 11.0. The summed E-state index contributed by atoms with van der Waals surface area (Å²) in [5.41, 5.74) is -1.41. The van der Waals surface area contributed by atoms with Gasteiger partial charge in [0, 0.05) is 44.5 Å². The number of nitrogens with zero attached hydrogens (tertiary/aromatic N) is 4. The summed E-state index contributed by atoms with van der Waals surface area (Å²) in [5, 5.41) is 3.20. The number of halogens is 4. The Hall–Kier alpha value is -4.18. The Morgan fingerprint density at radius 3 is 2.36 bits per heavy atom. The molecule has 0 unspecified atom stereocenters. The maximum absolute atomic E-state index is 15.0. The van der Waals surface area contributed by atoms with Gasteiger partial charge in [-0.1, -0.05) is 20.8 Å². The summed E-state index contributed by atoms with van der Waals surface area (Å²) in [6, 6.07) is 6.77. The first-order valence-electron chi connectivity index (χ1n) is 13.4. The highest BCUT2D eigenvalue weighted by Gasteiger charge is 2.45. The summed E-state index contributed by atoms with van der Waals surface area (Å²) in [6.07, 6.45) is -3.13. The third kappa shape index (κ3) is 7.66. The minimum absolute atomic E-state index is 0.0785. The molecule has 1 aliphatic heterocycles. The number of amides is 1. The molecule has 1 aliphatic rings. The average molecular weight is 641 g/mol. The van der Waals surface area contributed by atoms with Crippen LogP contribution in [0.5, 0.6) is 17.4 Å². The Morgan fingerprint density at radius 2 is 1.77 bits per heavy atom. The maximum Gasteiger partial charge on any atom is 0.472 e. The van der Waals surface area contributed by atoms with E-state index in [1.54, 1.807) is 20.8 Å². The van der Waals surface area contributed by atoms with Crippen LogP contribution in [0.4, 0.5) is 40.6 Å². The summed E-state index contributed by atoms with van der Waals surface area (Å²) in [5.74, 6) is -3.93. The molecule has 1 saturated heterocycles. The molecule has 0 radical (unpaired) electrons. The lowest BCUT2D eigenvalue weighted by atomic mass is 9.86. The van der Waals surface area contributed by atoms with Crippen molar-refractivity contribution >= 4 is 38.9 Å².